The van der Waals surface area contributed by atoms with E-state index in [9.17, 15) is 9.90 Å². The first kappa shape index (κ1) is 15.9. The molecule has 2 rings (SSSR count). The summed E-state index contributed by atoms with van der Waals surface area (Å²) < 4.78 is 10.7. The number of hydrogen-bond donors (Lipinski definition) is 1. The molecule has 0 aliphatic heterocycles. The van der Waals surface area contributed by atoms with Gasteiger partial charge in [-0.15, -0.1) is 0 Å². The van der Waals surface area contributed by atoms with E-state index >= 15 is 0 Å². The third kappa shape index (κ3) is 4.01. The van der Waals surface area contributed by atoms with Crippen LogP contribution in [0.4, 0.5) is 0 Å². The molecule has 0 saturated heterocycles. The molecule has 1 N–H and O–H groups in total. The van der Waals surface area contributed by atoms with Gasteiger partial charge in [0.25, 0.3) is 0 Å². The third-order valence-corrected chi connectivity index (χ3v) is 3.59. The highest BCUT2D eigenvalue weighted by Gasteiger charge is 2.20. The van der Waals surface area contributed by atoms with Crippen LogP contribution in [0.2, 0.25) is 0 Å². The number of ether oxygens (including phenoxy) is 2. The van der Waals surface area contributed by atoms with E-state index in [4.69, 9.17) is 9.47 Å². The standard InChI is InChI=1S/C18H20O4/c1-12-7-8-14(9-13(12)2)10-17(18(19)20)22-16-6-4-5-15(11-16)21-3/h4-9,11,17H,10H2,1-3H3,(H,19,20)/t17-/m1/s1. The van der Waals surface area contributed by atoms with Crippen LogP contribution in [0.3, 0.4) is 0 Å². The van der Waals surface area contributed by atoms with Gasteiger partial charge in [0, 0.05) is 12.5 Å². The Morgan fingerprint density at radius 2 is 1.82 bits per heavy atom. The molecule has 116 valence electrons. The lowest BCUT2D eigenvalue weighted by atomic mass is 10.0. The Morgan fingerprint density at radius 3 is 2.45 bits per heavy atom. The van der Waals surface area contributed by atoms with Crippen molar-refractivity contribution in [3.8, 4) is 11.5 Å². The molecule has 0 aromatic heterocycles. The minimum Gasteiger partial charge on any atom is -0.497 e. The maximum absolute atomic E-state index is 11.5. The first-order chi connectivity index (χ1) is 10.5. The summed E-state index contributed by atoms with van der Waals surface area (Å²) in [5.41, 5.74) is 3.27. The predicted octanol–water partition coefficient (Wildman–Crippen LogP) is 3.39. The van der Waals surface area contributed by atoms with Gasteiger partial charge >= 0.3 is 5.97 Å². The molecule has 0 amide bonds. The number of rotatable bonds is 6. The highest BCUT2D eigenvalue weighted by molar-refractivity contribution is 5.73. The fourth-order valence-electron chi connectivity index (χ4n) is 2.16. The molecule has 0 saturated carbocycles. The largest absolute Gasteiger partial charge is 0.497 e. The Bertz CT molecular complexity index is 664. The van der Waals surface area contributed by atoms with Crippen molar-refractivity contribution in [2.45, 2.75) is 26.4 Å². The summed E-state index contributed by atoms with van der Waals surface area (Å²) in [6.07, 6.45) is -0.623. The summed E-state index contributed by atoms with van der Waals surface area (Å²) in [4.78, 5) is 11.5. The number of aliphatic carboxylic acids is 1. The Balaban J connectivity index is 2.15. The Kier molecular flexibility index (Phi) is 5.04. The maximum Gasteiger partial charge on any atom is 0.345 e. The van der Waals surface area contributed by atoms with Crippen LogP contribution in [0.5, 0.6) is 11.5 Å². The number of hydrogen-bond acceptors (Lipinski definition) is 3. The predicted molar refractivity (Wildman–Crippen MR) is 84.7 cm³/mol. The van der Waals surface area contributed by atoms with Crippen LogP contribution >= 0.6 is 0 Å². The second kappa shape index (κ2) is 6.98. The van der Waals surface area contributed by atoms with E-state index in [0.29, 0.717) is 17.9 Å². The lowest BCUT2D eigenvalue weighted by Crippen LogP contribution is -2.29. The lowest BCUT2D eigenvalue weighted by molar-refractivity contribution is -0.145. The molecule has 0 aliphatic carbocycles. The normalized spacial score (nSPS) is 11.8. The summed E-state index contributed by atoms with van der Waals surface area (Å²) in [7, 11) is 1.56. The summed E-state index contributed by atoms with van der Waals surface area (Å²) >= 11 is 0. The monoisotopic (exact) mass is 300 g/mol. The van der Waals surface area contributed by atoms with Gasteiger partial charge in [0.15, 0.2) is 6.10 Å². The van der Waals surface area contributed by atoms with Gasteiger partial charge in [-0.05, 0) is 42.7 Å². The van der Waals surface area contributed by atoms with E-state index in [1.165, 1.54) is 5.56 Å². The molecule has 1 atom stereocenters. The number of carboxylic acid groups (broad SMARTS) is 1. The molecule has 0 heterocycles. The summed E-state index contributed by atoms with van der Waals surface area (Å²) in [6.45, 7) is 4.04. The molecule has 0 fully saturated rings. The first-order valence-corrected chi connectivity index (χ1v) is 7.09. The van der Waals surface area contributed by atoms with Crippen molar-refractivity contribution < 1.29 is 19.4 Å². The Hall–Kier alpha value is -2.49. The second-order valence-corrected chi connectivity index (χ2v) is 5.25. The smallest absolute Gasteiger partial charge is 0.345 e. The van der Waals surface area contributed by atoms with E-state index in [1.54, 1.807) is 31.4 Å². The molecule has 2 aromatic rings. The average Bonchev–Trinajstić information content (AvgIpc) is 2.50. The zero-order chi connectivity index (χ0) is 16.1. The SMILES string of the molecule is COc1cccc(O[C@H](Cc2ccc(C)c(C)c2)C(=O)O)c1. The highest BCUT2D eigenvalue weighted by Crippen LogP contribution is 2.21. The minimum absolute atomic E-state index is 0.313. The van der Waals surface area contributed by atoms with Crippen LogP contribution < -0.4 is 9.47 Å². The van der Waals surface area contributed by atoms with Crippen LogP contribution in [-0.4, -0.2) is 24.3 Å². The van der Waals surface area contributed by atoms with Crippen molar-refractivity contribution in [2.24, 2.45) is 0 Å². The van der Waals surface area contributed by atoms with Crippen molar-refractivity contribution >= 4 is 5.97 Å². The van der Waals surface area contributed by atoms with Crippen molar-refractivity contribution in [2.75, 3.05) is 7.11 Å². The van der Waals surface area contributed by atoms with Crippen molar-refractivity contribution in [3.05, 3.63) is 59.2 Å². The molecule has 22 heavy (non-hydrogen) atoms. The van der Waals surface area contributed by atoms with Gasteiger partial charge in [-0.25, -0.2) is 4.79 Å². The van der Waals surface area contributed by atoms with Crippen molar-refractivity contribution in [3.63, 3.8) is 0 Å². The van der Waals surface area contributed by atoms with Crippen LogP contribution in [0.1, 0.15) is 16.7 Å². The average molecular weight is 300 g/mol. The van der Waals surface area contributed by atoms with Crippen LogP contribution in [-0.2, 0) is 11.2 Å². The first-order valence-electron chi connectivity index (χ1n) is 7.09. The van der Waals surface area contributed by atoms with Gasteiger partial charge in [0.1, 0.15) is 11.5 Å². The highest BCUT2D eigenvalue weighted by atomic mass is 16.5. The van der Waals surface area contributed by atoms with Gasteiger partial charge in [-0.3, -0.25) is 0 Å². The fourth-order valence-corrected chi connectivity index (χ4v) is 2.16. The molecular formula is C18H20O4. The van der Waals surface area contributed by atoms with Gasteiger partial charge in [0.2, 0.25) is 0 Å². The van der Waals surface area contributed by atoms with Gasteiger partial charge < -0.3 is 14.6 Å². The number of aryl methyl sites for hydroxylation is 2. The molecule has 0 radical (unpaired) electrons. The zero-order valence-corrected chi connectivity index (χ0v) is 13.0. The lowest BCUT2D eigenvalue weighted by Gasteiger charge is -2.16. The molecule has 4 heteroatoms. The molecule has 4 nitrogen and oxygen atoms in total. The Labute approximate surface area is 130 Å². The quantitative estimate of drug-likeness (QED) is 0.888. The molecule has 0 unspecified atom stereocenters. The van der Waals surface area contributed by atoms with Crippen LogP contribution in [0.15, 0.2) is 42.5 Å². The molecule has 0 aliphatic rings. The fraction of sp³-hybridized carbons (Fsp3) is 0.278. The summed E-state index contributed by atoms with van der Waals surface area (Å²) in [5.74, 6) is 0.129. The van der Waals surface area contributed by atoms with E-state index < -0.39 is 12.1 Å². The minimum atomic E-state index is -0.985. The molecule has 0 spiro atoms. The van der Waals surface area contributed by atoms with Crippen LogP contribution in [0.25, 0.3) is 0 Å². The Morgan fingerprint density at radius 1 is 1.09 bits per heavy atom. The molecular weight excluding hydrogens is 280 g/mol. The van der Waals surface area contributed by atoms with E-state index in [-0.39, 0.29) is 0 Å². The van der Waals surface area contributed by atoms with Gasteiger partial charge in [-0.1, -0.05) is 24.3 Å². The number of methoxy groups -OCH3 is 1. The maximum atomic E-state index is 11.5. The van der Waals surface area contributed by atoms with E-state index in [2.05, 4.69) is 0 Å². The number of benzene rings is 2. The van der Waals surface area contributed by atoms with Crippen molar-refractivity contribution in [1.82, 2.24) is 0 Å². The summed E-state index contributed by atoms with van der Waals surface area (Å²) in [6, 6.07) is 12.9. The molecule has 2 aromatic carbocycles. The van der Waals surface area contributed by atoms with Gasteiger partial charge in [0.05, 0.1) is 7.11 Å². The second-order valence-electron chi connectivity index (χ2n) is 5.25. The molecule has 0 bridgehead atoms. The zero-order valence-electron chi connectivity index (χ0n) is 13.0. The van der Waals surface area contributed by atoms with Crippen LogP contribution in [0, 0.1) is 13.8 Å². The van der Waals surface area contributed by atoms with E-state index in [1.807, 2.05) is 32.0 Å². The van der Waals surface area contributed by atoms with Gasteiger partial charge in [-0.2, -0.15) is 0 Å². The topological polar surface area (TPSA) is 55.8 Å². The summed E-state index contributed by atoms with van der Waals surface area (Å²) in [5, 5.41) is 9.39. The number of carboxylic acids is 1. The van der Waals surface area contributed by atoms with E-state index in [0.717, 1.165) is 11.1 Å². The third-order valence-electron chi connectivity index (χ3n) is 3.59. The number of carbonyl (C=O) groups is 1. The van der Waals surface area contributed by atoms with Crippen molar-refractivity contribution in [1.29, 1.82) is 0 Å².